The molecule has 22 heavy (non-hydrogen) atoms. The van der Waals surface area contributed by atoms with E-state index in [0.29, 0.717) is 17.3 Å². The van der Waals surface area contributed by atoms with Crippen molar-refractivity contribution in [2.45, 2.75) is 25.8 Å². The number of carboxylic acid groups (broad SMARTS) is 1. The fraction of sp³-hybridized carbons (Fsp3) is 0.467. The summed E-state index contributed by atoms with van der Waals surface area (Å²) in [5, 5.41) is 18.3. The Kier molecular flexibility index (Phi) is 7.87. The summed E-state index contributed by atoms with van der Waals surface area (Å²) >= 11 is 5.99. The van der Waals surface area contributed by atoms with Gasteiger partial charge < -0.3 is 21.1 Å². The molecule has 122 valence electrons. The van der Waals surface area contributed by atoms with Crippen molar-refractivity contribution < 1.29 is 14.7 Å². The van der Waals surface area contributed by atoms with Crippen molar-refractivity contribution in [3.63, 3.8) is 0 Å². The van der Waals surface area contributed by atoms with Gasteiger partial charge in [0.05, 0.1) is 6.42 Å². The van der Waals surface area contributed by atoms with Gasteiger partial charge in [0.15, 0.2) is 0 Å². The second-order valence-electron chi connectivity index (χ2n) is 4.97. The van der Waals surface area contributed by atoms with Crippen LogP contribution in [0.3, 0.4) is 0 Å². The van der Waals surface area contributed by atoms with Crippen LogP contribution in [-0.2, 0) is 9.59 Å². The van der Waals surface area contributed by atoms with E-state index < -0.39 is 12.0 Å². The van der Waals surface area contributed by atoms with Crippen LogP contribution in [-0.4, -0.2) is 43.2 Å². The average Bonchev–Trinajstić information content (AvgIpc) is 2.47. The lowest BCUT2D eigenvalue weighted by molar-refractivity contribution is -0.141. The number of rotatable bonds is 9. The van der Waals surface area contributed by atoms with Crippen LogP contribution in [0.25, 0.3) is 0 Å². The average molecular weight is 328 g/mol. The molecule has 0 saturated carbocycles. The molecule has 0 heterocycles. The number of carbonyl (C=O) groups excluding carboxylic acids is 1. The monoisotopic (exact) mass is 327 g/mol. The number of nitrogens with one attached hydrogen (secondary N) is 3. The predicted molar refractivity (Wildman–Crippen MR) is 87.4 cm³/mol. The Hall–Kier alpha value is -1.63. The molecular formula is C15H22ClN3O3. The molecule has 0 aliphatic heterocycles. The van der Waals surface area contributed by atoms with Crippen molar-refractivity contribution in [2.75, 3.05) is 25.5 Å². The van der Waals surface area contributed by atoms with E-state index in [1.165, 1.54) is 0 Å². The minimum atomic E-state index is -1.04. The molecule has 0 spiro atoms. The lowest BCUT2D eigenvalue weighted by Crippen LogP contribution is -2.40. The molecule has 1 aromatic carbocycles. The molecule has 0 bridgehead atoms. The van der Waals surface area contributed by atoms with E-state index in [1.807, 2.05) is 7.05 Å². The number of anilines is 1. The maximum absolute atomic E-state index is 12.0. The van der Waals surface area contributed by atoms with E-state index in [4.69, 9.17) is 16.7 Å². The maximum atomic E-state index is 12.0. The molecule has 0 aliphatic carbocycles. The fourth-order valence-corrected chi connectivity index (χ4v) is 2.09. The smallest absolute Gasteiger partial charge is 0.321 e. The van der Waals surface area contributed by atoms with Gasteiger partial charge in [-0.25, -0.2) is 0 Å². The van der Waals surface area contributed by atoms with Crippen molar-refractivity contribution in [3.05, 3.63) is 28.8 Å². The number of hydrogen-bond acceptors (Lipinski definition) is 4. The van der Waals surface area contributed by atoms with Gasteiger partial charge in [-0.3, -0.25) is 9.59 Å². The van der Waals surface area contributed by atoms with Crippen LogP contribution in [0.2, 0.25) is 5.02 Å². The molecule has 1 amide bonds. The normalized spacial score (nSPS) is 12.0. The predicted octanol–water partition coefficient (Wildman–Crippen LogP) is 1.63. The molecule has 1 aromatic rings. The first-order valence-corrected chi connectivity index (χ1v) is 7.49. The number of halogens is 1. The third kappa shape index (κ3) is 6.01. The number of hydrogen-bond donors (Lipinski definition) is 4. The number of carbonyl (C=O) groups is 2. The summed E-state index contributed by atoms with van der Waals surface area (Å²) in [6.45, 7) is 3.11. The summed E-state index contributed by atoms with van der Waals surface area (Å²) < 4.78 is 0. The Labute approximate surface area is 135 Å². The second kappa shape index (κ2) is 9.40. The Bertz CT molecular complexity index is 523. The lowest BCUT2D eigenvalue weighted by Gasteiger charge is -2.15. The Morgan fingerprint density at radius 1 is 1.32 bits per heavy atom. The van der Waals surface area contributed by atoms with Crippen molar-refractivity contribution in [1.29, 1.82) is 0 Å². The number of aliphatic carboxylic acids is 1. The standard InChI is InChI=1S/C15H22ClN3O3/c1-10-11(16)5-3-6-12(10)19-14(20)9-13(15(21)22)18-8-4-7-17-2/h3,5-6,13,17-18H,4,7-9H2,1-2H3,(H,19,20)(H,21,22)/t13-/m0/s1. The van der Waals surface area contributed by atoms with Crippen molar-refractivity contribution in [2.24, 2.45) is 0 Å². The summed E-state index contributed by atoms with van der Waals surface area (Å²) in [6.07, 6.45) is 0.649. The third-order valence-corrected chi connectivity index (χ3v) is 3.63. The molecule has 1 atom stereocenters. The van der Waals surface area contributed by atoms with Crippen LogP contribution >= 0.6 is 11.6 Å². The van der Waals surface area contributed by atoms with E-state index in [0.717, 1.165) is 18.5 Å². The van der Waals surface area contributed by atoms with Gasteiger partial charge in [-0.1, -0.05) is 17.7 Å². The molecule has 0 aliphatic rings. The molecule has 0 aromatic heterocycles. The molecule has 0 fully saturated rings. The highest BCUT2D eigenvalue weighted by Gasteiger charge is 2.20. The van der Waals surface area contributed by atoms with Crippen LogP contribution in [0.15, 0.2) is 18.2 Å². The van der Waals surface area contributed by atoms with E-state index in [1.54, 1.807) is 25.1 Å². The van der Waals surface area contributed by atoms with Crippen molar-refractivity contribution in [1.82, 2.24) is 10.6 Å². The van der Waals surface area contributed by atoms with E-state index in [-0.39, 0.29) is 12.3 Å². The topological polar surface area (TPSA) is 90.5 Å². The summed E-state index contributed by atoms with van der Waals surface area (Å²) in [7, 11) is 1.83. The highest BCUT2D eigenvalue weighted by molar-refractivity contribution is 6.31. The van der Waals surface area contributed by atoms with Crippen LogP contribution < -0.4 is 16.0 Å². The number of carboxylic acids is 1. The van der Waals surface area contributed by atoms with E-state index in [2.05, 4.69) is 16.0 Å². The van der Waals surface area contributed by atoms with Crippen LogP contribution in [0.4, 0.5) is 5.69 Å². The first-order valence-electron chi connectivity index (χ1n) is 7.11. The summed E-state index contributed by atoms with van der Waals surface area (Å²) in [4.78, 5) is 23.2. The van der Waals surface area contributed by atoms with Gasteiger partial charge in [-0.05, 0) is 51.2 Å². The van der Waals surface area contributed by atoms with Crippen LogP contribution in [0.5, 0.6) is 0 Å². The molecule has 1 rings (SSSR count). The van der Waals surface area contributed by atoms with Gasteiger partial charge in [0.25, 0.3) is 0 Å². The first kappa shape index (κ1) is 18.4. The van der Waals surface area contributed by atoms with Crippen LogP contribution in [0.1, 0.15) is 18.4 Å². The van der Waals surface area contributed by atoms with Gasteiger partial charge in [-0.15, -0.1) is 0 Å². The van der Waals surface area contributed by atoms with Gasteiger partial charge in [0.2, 0.25) is 5.91 Å². The molecule has 0 saturated heterocycles. The van der Waals surface area contributed by atoms with Gasteiger partial charge in [-0.2, -0.15) is 0 Å². The van der Waals surface area contributed by atoms with Gasteiger partial charge >= 0.3 is 5.97 Å². The van der Waals surface area contributed by atoms with Crippen molar-refractivity contribution >= 4 is 29.2 Å². The summed E-state index contributed by atoms with van der Waals surface area (Å²) in [6, 6.07) is 4.29. The number of benzene rings is 1. The van der Waals surface area contributed by atoms with Crippen LogP contribution in [0, 0.1) is 6.92 Å². The molecule has 0 unspecified atom stereocenters. The lowest BCUT2D eigenvalue weighted by atomic mass is 10.1. The summed E-state index contributed by atoms with van der Waals surface area (Å²) in [5.41, 5.74) is 1.35. The Balaban J connectivity index is 2.56. The van der Waals surface area contributed by atoms with Crippen molar-refractivity contribution in [3.8, 4) is 0 Å². The zero-order valence-electron chi connectivity index (χ0n) is 12.8. The largest absolute Gasteiger partial charge is 0.480 e. The number of amides is 1. The minimum Gasteiger partial charge on any atom is -0.480 e. The zero-order valence-corrected chi connectivity index (χ0v) is 13.5. The van der Waals surface area contributed by atoms with E-state index in [9.17, 15) is 9.59 Å². The highest BCUT2D eigenvalue weighted by Crippen LogP contribution is 2.23. The molecule has 4 N–H and O–H groups in total. The zero-order chi connectivity index (χ0) is 16.5. The maximum Gasteiger partial charge on any atom is 0.321 e. The minimum absolute atomic E-state index is 0.138. The highest BCUT2D eigenvalue weighted by atomic mass is 35.5. The molecule has 0 radical (unpaired) electrons. The SMILES string of the molecule is CNCCCN[C@@H](CC(=O)Nc1cccc(Cl)c1C)C(=O)O. The third-order valence-electron chi connectivity index (χ3n) is 3.22. The van der Waals surface area contributed by atoms with Gasteiger partial charge in [0, 0.05) is 10.7 Å². The quantitative estimate of drug-likeness (QED) is 0.518. The summed E-state index contributed by atoms with van der Waals surface area (Å²) in [5.74, 6) is -1.40. The van der Waals surface area contributed by atoms with Gasteiger partial charge in [0.1, 0.15) is 6.04 Å². The molecule has 7 heteroatoms. The molecule has 6 nitrogen and oxygen atoms in total. The first-order chi connectivity index (χ1) is 10.5. The second-order valence-corrected chi connectivity index (χ2v) is 5.37. The Morgan fingerprint density at radius 2 is 2.05 bits per heavy atom. The molecular weight excluding hydrogens is 306 g/mol. The fourth-order valence-electron chi connectivity index (χ4n) is 1.92. The Morgan fingerprint density at radius 3 is 2.68 bits per heavy atom. The van der Waals surface area contributed by atoms with E-state index >= 15 is 0 Å².